The first kappa shape index (κ1) is 13.0. The Labute approximate surface area is 96.2 Å². The van der Waals surface area contributed by atoms with Crippen molar-refractivity contribution >= 4 is 15.9 Å². The Hall–Kier alpha value is -1.11. The fraction of sp³-hybridized carbons (Fsp3) is 0.400. The molecule has 4 N–H and O–H groups in total. The summed E-state index contributed by atoms with van der Waals surface area (Å²) in [6.45, 7) is 2.67. The van der Waals surface area contributed by atoms with Gasteiger partial charge in [0.25, 0.3) is 10.2 Å². The zero-order valence-corrected chi connectivity index (χ0v) is 10.0. The number of rotatable bonds is 6. The monoisotopic (exact) mass is 243 g/mol. The Morgan fingerprint density at radius 2 is 1.88 bits per heavy atom. The third-order valence-corrected chi connectivity index (χ3v) is 3.15. The van der Waals surface area contributed by atoms with E-state index in [9.17, 15) is 8.42 Å². The Bertz CT molecular complexity index is 414. The summed E-state index contributed by atoms with van der Waals surface area (Å²) < 4.78 is 27.5. The van der Waals surface area contributed by atoms with Crippen LogP contribution in [0.15, 0.2) is 24.3 Å². The van der Waals surface area contributed by atoms with Crippen LogP contribution in [0.25, 0.3) is 0 Å². The molecule has 0 atom stereocenters. The molecule has 0 aliphatic carbocycles. The highest BCUT2D eigenvalue weighted by atomic mass is 32.2. The normalized spacial score (nSPS) is 11.4. The molecular weight excluding hydrogens is 226 g/mol. The molecule has 90 valence electrons. The second-order valence-corrected chi connectivity index (χ2v) is 4.84. The van der Waals surface area contributed by atoms with E-state index < -0.39 is 10.2 Å². The van der Waals surface area contributed by atoms with Crippen molar-refractivity contribution in [1.82, 2.24) is 4.72 Å². The van der Waals surface area contributed by atoms with Crippen LogP contribution in [0.3, 0.4) is 0 Å². The molecule has 0 fully saturated rings. The molecule has 6 heteroatoms. The molecule has 5 nitrogen and oxygen atoms in total. The molecule has 0 saturated heterocycles. The van der Waals surface area contributed by atoms with E-state index in [2.05, 4.69) is 9.44 Å². The first-order valence-corrected chi connectivity index (χ1v) is 6.62. The lowest BCUT2D eigenvalue weighted by atomic mass is 10.1. The van der Waals surface area contributed by atoms with Crippen molar-refractivity contribution in [2.45, 2.75) is 13.3 Å². The highest BCUT2D eigenvalue weighted by Gasteiger charge is 2.06. The van der Waals surface area contributed by atoms with E-state index in [0.29, 0.717) is 18.8 Å². The maximum Gasteiger partial charge on any atom is 0.299 e. The predicted octanol–water partition coefficient (Wildman–Crippen LogP) is 0.454. The smallest absolute Gasteiger partial charge is 0.299 e. The molecule has 0 aromatic heterocycles. The maximum atomic E-state index is 11.4. The lowest BCUT2D eigenvalue weighted by Crippen LogP contribution is -2.29. The molecule has 1 aromatic rings. The number of benzene rings is 1. The van der Waals surface area contributed by atoms with Crippen molar-refractivity contribution in [3.8, 4) is 0 Å². The van der Waals surface area contributed by atoms with E-state index in [4.69, 9.17) is 5.73 Å². The summed E-state index contributed by atoms with van der Waals surface area (Å²) in [7, 11) is -3.43. The lowest BCUT2D eigenvalue weighted by Gasteiger charge is -2.08. The van der Waals surface area contributed by atoms with Gasteiger partial charge in [0.15, 0.2) is 0 Å². The Morgan fingerprint density at radius 1 is 1.25 bits per heavy atom. The average molecular weight is 243 g/mol. The summed E-state index contributed by atoms with van der Waals surface area (Å²) in [5.74, 6) is 0. The zero-order valence-electron chi connectivity index (χ0n) is 9.23. The van der Waals surface area contributed by atoms with Crippen LogP contribution in [0.4, 0.5) is 5.69 Å². The van der Waals surface area contributed by atoms with Crippen LogP contribution in [-0.2, 0) is 16.6 Å². The molecule has 0 spiro atoms. The van der Waals surface area contributed by atoms with Gasteiger partial charge < -0.3 is 5.73 Å². The minimum absolute atomic E-state index is 0.362. The van der Waals surface area contributed by atoms with Gasteiger partial charge in [0.2, 0.25) is 0 Å². The molecule has 0 aliphatic rings. The van der Waals surface area contributed by atoms with E-state index in [1.807, 2.05) is 12.1 Å². The van der Waals surface area contributed by atoms with Crippen LogP contribution in [0.1, 0.15) is 12.5 Å². The molecule has 1 aromatic carbocycles. The molecule has 1 rings (SSSR count). The van der Waals surface area contributed by atoms with Gasteiger partial charge in [0.05, 0.1) is 0 Å². The fourth-order valence-corrected chi connectivity index (χ4v) is 2.19. The van der Waals surface area contributed by atoms with Crippen LogP contribution in [-0.4, -0.2) is 21.5 Å². The summed E-state index contributed by atoms with van der Waals surface area (Å²) in [5, 5.41) is 0. The van der Waals surface area contributed by atoms with Crippen LogP contribution in [0.2, 0.25) is 0 Å². The summed E-state index contributed by atoms with van der Waals surface area (Å²) in [4.78, 5) is 0. The molecule has 0 bridgehead atoms. The molecule has 0 radical (unpaired) electrons. The largest absolute Gasteiger partial charge is 0.330 e. The highest BCUT2D eigenvalue weighted by molar-refractivity contribution is 7.90. The van der Waals surface area contributed by atoms with Crippen molar-refractivity contribution < 1.29 is 8.42 Å². The Morgan fingerprint density at radius 3 is 2.38 bits per heavy atom. The van der Waals surface area contributed by atoms with Crippen molar-refractivity contribution in [2.75, 3.05) is 17.8 Å². The van der Waals surface area contributed by atoms with Crippen LogP contribution in [0.5, 0.6) is 0 Å². The van der Waals surface area contributed by atoms with Crippen LogP contribution in [0, 0.1) is 0 Å². The van der Waals surface area contributed by atoms with Crippen molar-refractivity contribution in [3.63, 3.8) is 0 Å². The maximum absolute atomic E-state index is 11.4. The average Bonchev–Trinajstić information content (AvgIpc) is 2.21. The third-order valence-electron chi connectivity index (χ3n) is 1.97. The third kappa shape index (κ3) is 4.18. The van der Waals surface area contributed by atoms with Gasteiger partial charge >= 0.3 is 0 Å². The molecule has 0 aliphatic heterocycles. The second-order valence-electron chi connectivity index (χ2n) is 3.34. The molecule has 0 unspecified atom stereocenters. The Balaban J connectivity index is 2.68. The Kier molecular flexibility index (Phi) is 4.72. The first-order chi connectivity index (χ1) is 7.57. The minimum atomic E-state index is -3.43. The fourth-order valence-electron chi connectivity index (χ4n) is 1.29. The molecule has 16 heavy (non-hydrogen) atoms. The minimum Gasteiger partial charge on any atom is -0.330 e. The number of hydrogen-bond donors (Lipinski definition) is 3. The second kappa shape index (κ2) is 5.83. The van der Waals surface area contributed by atoms with E-state index in [-0.39, 0.29) is 0 Å². The summed E-state index contributed by atoms with van der Waals surface area (Å²) in [5.41, 5.74) is 7.05. The number of nitrogens with two attached hydrogens (primary N) is 1. The number of nitrogens with one attached hydrogen (secondary N) is 2. The van der Waals surface area contributed by atoms with Gasteiger partial charge in [-0.3, -0.25) is 4.72 Å². The van der Waals surface area contributed by atoms with E-state index in [0.717, 1.165) is 12.0 Å². The summed E-state index contributed by atoms with van der Waals surface area (Å²) in [6.07, 6.45) is 0.792. The first-order valence-electron chi connectivity index (χ1n) is 5.14. The zero-order chi connectivity index (χ0) is 12.0. The quantitative estimate of drug-likeness (QED) is 0.678. The predicted molar refractivity (Wildman–Crippen MR) is 65.4 cm³/mol. The van der Waals surface area contributed by atoms with Gasteiger partial charge in [-0.15, -0.1) is 0 Å². The number of hydrogen-bond acceptors (Lipinski definition) is 3. The van der Waals surface area contributed by atoms with Gasteiger partial charge in [0.1, 0.15) is 0 Å². The van der Waals surface area contributed by atoms with Crippen LogP contribution < -0.4 is 15.2 Å². The van der Waals surface area contributed by atoms with Crippen LogP contribution >= 0.6 is 0 Å². The summed E-state index contributed by atoms with van der Waals surface area (Å²) in [6, 6.07) is 7.16. The molecule has 0 saturated carbocycles. The van der Waals surface area contributed by atoms with Crippen molar-refractivity contribution in [1.29, 1.82) is 0 Å². The van der Waals surface area contributed by atoms with Gasteiger partial charge in [-0.2, -0.15) is 13.1 Å². The molecular formula is C10H17N3O2S. The van der Waals surface area contributed by atoms with Gasteiger partial charge in [-0.25, -0.2) is 0 Å². The SMILES string of the molecule is CCNS(=O)(=O)Nc1ccc(CCN)cc1. The van der Waals surface area contributed by atoms with Crippen molar-refractivity contribution in [2.24, 2.45) is 5.73 Å². The van der Waals surface area contributed by atoms with Gasteiger partial charge in [-0.1, -0.05) is 19.1 Å². The van der Waals surface area contributed by atoms with E-state index in [1.54, 1.807) is 19.1 Å². The summed E-state index contributed by atoms with van der Waals surface area (Å²) >= 11 is 0. The molecule has 0 amide bonds. The highest BCUT2D eigenvalue weighted by Crippen LogP contribution is 2.10. The van der Waals surface area contributed by atoms with Crippen molar-refractivity contribution in [3.05, 3.63) is 29.8 Å². The van der Waals surface area contributed by atoms with Gasteiger partial charge in [0, 0.05) is 12.2 Å². The molecule has 0 heterocycles. The number of anilines is 1. The standard InChI is InChI=1S/C10H17N3O2S/c1-2-12-16(14,15)13-10-5-3-9(4-6-10)7-8-11/h3-6,12-13H,2,7-8,11H2,1H3. The van der Waals surface area contributed by atoms with Gasteiger partial charge in [-0.05, 0) is 30.7 Å². The lowest BCUT2D eigenvalue weighted by molar-refractivity contribution is 0.589. The topological polar surface area (TPSA) is 84.2 Å². The van der Waals surface area contributed by atoms with E-state index in [1.165, 1.54) is 0 Å². The van der Waals surface area contributed by atoms with E-state index >= 15 is 0 Å².